The standard InChI is InChI=1S/C15H24N2O2S/c1-11(2)16-10-12-6-5-7-13(8-12)20(18,19)17-14-9-15(14,3)4/h5-8,11,14,16-17H,9-10H2,1-4H3. The minimum atomic E-state index is -3.41. The third-order valence-corrected chi connectivity index (χ3v) is 5.20. The van der Waals surface area contributed by atoms with Crippen LogP contribution in [-0.4, -0.2) is 20.5 Å². The first kappa shape index (κ1) is 15.5. The SMILES string of the molecule is CC(C)NCc1cccc(S(=O)(=O)NC2CC2(C)C)c1. The Morgan fingerprint density at radius 1 is 1.35 bits per heavy atom. The van der Waals surface area contributed by atoms with Gasteiger partial charge >= 0.3 is 0 Å². The van der Waals surface area contributed by atoms with Gasteiger partial charge in [0.15, 0.2) is 0 Å². The van der Waals surface area contributed by atoms with E-state index in [2.05, 4.69) is 37.7 Å². The second kappa shape index (κ2) is 5.47. The monoisotopic (exact) mass is 296 g/mol. The molecule has 0 aliphatic heterocycles. The lowest BCUT2D eigenvalue weighted by Gasteiger charge is -2.11. The molecule has 0 bridgehead atoms. The summed E-state index contributed by atoms with van der Waals surface area (Å²) in [5.41, 5.74) is 1.07. The van der Waals surface area contributed by atoms with Crippen LogP contribution in [0.15, 0.2) is 29.2 Å². The van der Waals surface area contributed by atoms with Crippen LogP contribution >= 0.6 is 0 Å². The maximum absolute atomic E-state index is 12.3. The molecule has 1 fully saturated rings. The molecule has 0 radical (unpaired) electrons. The lowest BCUT2D eigenvalue weighted by atomic mass is 10.2. The Morgan fingerprint density at radius 2 is 2.00 bits per heavy atom. The van der Waals surface area contributed by atoms with E-state index in [1.54, 1.807) is 18.2 Å². The molecule has 1 atom stereocenters. The smallest absolute Gasteiger partial charge is 0.240 e. The van der Waals surface area contributed by atoms with Crippen molar-refractivity contribution >= 4 is 10.0 Å². The first-order chi connectivity index (χ1) is 9.21. The van der Waals surface area contributed by atoms with Gasteiger partial charge in [0.1, 0.15) is 0 Å². The van der Waals surface area contributed by atoms with Gasteiger partial charge in [-0.15, -0.1) is 0 Å². The number of hydrogen-bond acceptors (Lipinski definition) is 3. The van der Waals surface area contributed by atoms with E-state index in [-0.39, 0.29) is 11.5 Å². The Kier molecular flexibility index (Phi) is 4.23. The van der Waals surface area contributed by atoms with Gasteiger partial charge in [0.25, 0.3) is 0 Å². The molecular weight excluding hydrogens is 272 g/mol. The Hall–Kier alpha value is -0.910. The lowest BCUT2D eigenvalue weighted by Crippen LogP contribution is -2.28. The van der Waals surface area contributed by atoms with Gasteiger partial charge in [-0.1, -0.05) is 39.8 Å². The highest BCUT2D eigenvalue weighted by Crippen LogP contribution is 2.45. The van der Waals surface area contributed by atoms with E-state index < -0.39 is 10.0 Å². The van der Waals surface area contributed by atoms with Gasteiger partial charge in [-0.25, -0.2) is 13.1 Å². The summed E-state index contributed by atoms with van der Waals surface area (Å²) in [6.45, 7) is 8.96. The van der Waals surface area contributed by atoms with Crippen molar-refractivity contribution in [3.8, 4) is 0 Å². The van der Waals surface area contributed by atoms with Gasteiger partial charge in [0.05, 0.1) is 4.90 Å². The second-order valence-corrected chi connectivity index (χ2v) is 8.26. The summed E-state index contributed by atoms with van der Waals surface area (Å²) in [6.07, 6.45) is 0.904. The molecule has 1 aliphatic carbocycles. The molecule has 0 amide bonds. The van der Waals surface area contributed by atoms with Gasteiger partial charge < -0.3 is 5.32 Å². The summed E-state index contributed by atoms with van der Waals surface area (Å²) in [5, 5.41) is 3.29. The molecule has 1 aromatic rings. The van der Waals surface area contributed by atoms with Crippen LogP contribution < -0.4 is 10.0 Å². The van der Waals surface area contributed by atoms with E-state index in [4.69, 9.17) is 0 Å². The molecule has 0 spiro atoms. The molecule has 4 nitrogen and oxygen atoms in total. The van der Waals surface area contributed by atoms with Crippen molar-refractivity contribution in [1.82, 2.24) is 10.0 Å². The minimum Gasteiger partial charge on any atom is -0.310 e. The summed E-state index contributed by atoms with van der Waals surface area (Å²) >= 11 is 0. The number of sulfonamides is 1. The van der Waals surface area contributed by atoms with E-state index >= 15 is 0 Å². The molecule has 0 aromatic heterocycles. The summed E-state index contributed by atoms with van der Waals surface area (Å²) in [7, 11) is -3.41. The number of hydrogen-bond donors (Lipinski definition) is 2. The summed E-state index contributed by atoms with van der Waals surface area (Å²) in [4.78, 5) is 0.350. The maximum atomic E-state index is 12.3. The fraction of sp³-hybridized carbons (Fsp3) is 0.600. The molecule has 1 aliphatic rings. The molecule has 2 rings (SSSR count). The molecule has 1 unspecified atom stereocenters. The van der Waals surface area contributed by atoms with Crippen molar-refractivity contribution in [1.29, 1.82) is 0 Å². The van der Waals surface area contributed by atoms with Crippen molar-refractivity contribution in [3.63, 3.8) is 0 Å². The van der Waals surface area contributed by atoms with E-state index in [0.717, 1.165) is 12.0 Å². The molecule has 5 heteroatoms. The van der Waals surface area contributed by atoms with Crippen molar-refractivity contribution in [3.05, 3.63) is 29.8 Å². The number of rotatable bonds is 6. The molecule has 112 valence electrons. The maximum Gasteiger partial charge on any atom is 0.240 e. The molecule has 20 heavy (non-hydrogen) atoms. The molecule has 2 N–H and O–H groups in total. The van der Waals surface area contributed by atoms with Crippen molar-refractivity contribution < 1.29 is 8.42 Å². The van der Waals surface area contributed by atoms with Crippen molar-refractivity contribution in [2.45, 2.75) is 57.6 Å². The zero-order valence-electron chi connectivity index (χ0n) is 12.6. The van der Waals surface area contributed by atoms with Gasteiger partial charge in [0.2, 0.25) is 10.0 Å². The van der Waals surface area contributed by atoms with Gasteiger partial charge in [-0.2, -0.15) is 0 Å². The molecular formula is C15H24N2O2S. The van der Waals surface area contributed by atoms with Crippen LogP contribution in [0.25, 0.3) is 0 Å². The third kappa shape index (κ3) is 3.81. The summed E-state index contributed by atoms with van der Waals surface area (Å²) in [5.74, 6) is 0. The predicted molar refractivity (Wildman–Crippen MR) is 80.9 cm³/mol. The minimum absolute atomic E-state index is 0.0601. The average Bonchev–Trinajstić information content (AvgIpc) is 2.93. The predicted octanol–water partition coefficient (Wildman–Crippen LogP) is 2.26. The van der Waals surface area contributed by atoms with Crippen LogP contribution in [0.4, 0.5) is 0 Å². The number of benzene rings is 1. The lowest BCUT2D eigenvalue weighted by molar-refractivity contribution is 0.554. The highest BCUT2D eigenvalue weighted by atomic mass is 32.2. The number of nitrogens with one attached hydrogen (secondary N) is 2. The molecule has 0 saturated heterocycles. The normalized spacial score (nSPS) is 21.1. The van der Waals surface area contributed by atoms with E-state index in [1.807, 2.05) is 6.07 Å². The fourth-order valence-electron chi connectivity index (χ4n) is 2.07. The summed E-state index contributed by atoms with van der Waals surface area (Å²) in [6, 6.07) is 7.56. The zero-order valence-corrected chi connectivity index (χ0v) is 13.4. The molecule has 0 heterocycles. The first-order valence-corrected chi connectivity index (χ1v) is 8.54. The van der Waals surface area contributed by atoms with Gasteiger partial charge in [-0.3, -0.25) is 0 Å². The van der Waals surface area contributed by atoms with Crippen LogP contribution in [0.1, 0.15) is 39.7 Å². The van der Waals surface area contributed by atoms with Crippen molar-refractivity contribution in [2.75, 3.05) is 0 Å². The van der Waals surface area contributed by atoms with Crippen LogP contribution in [-0.2, 0) is 16.6 Å². The van der Waals surface area contributed by atoms with Crippen LogP contribution in [0, 0.1) is 5.41 Å². The Labute approximate surface area is 122 Å². The fourth-order valence-corrected chi connectivity index (χ4v) is 3.55. The van der Waals surface area contributed by atoms with E-state index in [1.165, 1.54) is 0 Å². The third-order valence-electron chi connectivity index (χ3n) is 3.73. The van der Waals surface area contributed by atoms with Crippen LogP contribution in [0.3, 0.4) is 0 Å². The Balaban J connectivity index is 2.09. The quantitative estimate of drug-likeness (QED) is 0.846. The highest BCUT2D eigenvalue weighted by molar-refractivity contribution is 7.89. The topological polar surface area (TPSA) is 58.2 Å². The van der Waals surface area contributed by atoms with E-state index in [9.17, 15) is 8.42 Å². The van der Waals surface area contributed by atoms with Crippen LogP contribution in [0.2, 0.25) is 0 Å². The Bertz CT molecular complexity index is 579. The average molecular weight is 296 g/mol. The highest BCUT2D eigenvalue weighted by Gasteiger charge is 2.47. The summed E-state index contributed by atoms with van der Waals surface area (Å²) < 4.78 is 27.4. The first-order valence-electron chi connectivity index (χ1n) is 7.05. The van der Waals surface area contributed by atoms with Crippen molar-refractivity contribution in [2.24, 2.45) is 5.41 Å². The molecule has 1 aromatic carbocycles. The van der Waals surface area contributed by atoms with E-state index in [0.29, 0.717) is 17.5 Å². The Morgan fingerprint density at radius 3 is 2.55 bits per heavy atom. The second-order valence-electron chi connectivity index (χ2n) is 6.55. The zero-order chi connectivity index (χ0) is 15.0. The molecule has 1 saturated carbocycles. The van der Waals surface area contributed by atoms with Gasteiger partial charge in [0, 0.05) is 18.6 Å². The van der Waals surface area contributed by atoms with Crippen LogP contribution in [0.5, 0.6) is 0 Å². The van der Waals surface area contributed by atoms with Gasteiger partial charge in [-0.05, 0) is 29.5 Å². The largest absolute Gasteiger partial charge is 0.310 e.